The van der Waals surface area contributed by atoms with Crippen molar-refractivity contribution in [2.45, 2.75) is 6.92 Å². The molecule has 0 saturated carbocycles. The monoisotopic (exact) mass is 360 g/mol. The second-order valence-corrected chi connectivity index (χ2v) is 5.25. The van der Waals surface area contributed by atoms with Crippen LogP contribution in [0, 0.1) is 27.2 Å². The first kappa shape index (κ1) is 18.1. The van der Waals surface area contributed by atoms with Crippen LogP contribution in [0.4, 0.5) is 11.4 Å². The quantitative estimate of drug-likeness (QED) is 0.368. The lowest BCUT2D eigenvalue weighted by molar-refractivity contribution is -0.600. The number of aryl methyl sites for hydroxylation is 1. The van der Waals surface area contributed by atoms with Crippen molar-refractivity contribution >= 4 is 11.4 Å². The van der Waals surface area contributed by atoms with Gasteiger partial charge in [0.05, 0.1) is 15.9 Å². The van der Waals surface area contributed by atoms with Crippen LogP contribution in [0.3, 0.4) is 0 Å². The van der Waals surface area contributed by atoms with Crippen LogP contribution in [0.15, 0.2) is 61.2 Å². The molecular formula is C16H13ClN4O4. The average Bonchev–Trinajstić information content (AvgIpc) is 3.04. The lowest BCUT2D eigenvalue weighted by atomic mass is 10.2. The predicted molar refractivity (Wildman–Crippen MR) is 85.3 cm³/mol. The van der Waals surface area contributed by atoms with Crippen molar-refractivity contribution in [2.24, 2.45) is 0 Å². The van der Waals surface area contributed by atoms with Gasteiger partial charge in [0.2, 0.25) is 5.69 Å². The molecule has 0 amide bonds. The Hall–Kier alpha value is -3.26. The fourth-order valence-corrected chi connectivity index (χ4v) is 2.36. The molecule has 0 aliphatic carbocycles. The summed E-state index contributed by atoms with van der Waals surface area (Å²) in [5, 5.41) is 22.1. The van der Waals surface area contributed by atoms with Crippen LogP contribution in [0.2, 0.25) is 0 Å². The second-order valence-electron chi connectivity index (χ2n) is 5.25. The number of nitrogens with zero attached hydrogens (tertiary/aromatic N) is 4. The fraction of sp³-hybridized carbons (Fsp3) is 0.0625. The Balaban J connectivity index is 0.00000225. The van der Waals surface area contributed by atoms with E-state index in [0.29, 0.717) is 0 Å². The molecule has 0 saturated heterocycles. The van der Waals surface area contributed by atoms with Gasteiger partial charge in [0.25, 0.3) is 12.0 Å². The summed E-state index contributed by atoms with van der Waals surface area (Å²) in [4.78, 5) is 20.8. The Morgan fingerprint density at radius 1 is 1.00 bits per heavy atom. The molecule has 8 nitrogen and oxygen atoms in total. The summed E-state index contributed by atoms with van der Waals surface area (Å²) in [5.41, 5.74) is 1.66. The van der Waals surface area contributed by atoms with Gasteiger partial charge < -0.3 is 12.4 Å². The normalized spacial score (nSPS) is 10.1. The molecule has 0 aliphatic rings. The smallest absolute Gasteiger partial charge is 0.322 e. The van der Waals surface area contributed by atoms with Gasteiger partial charge in [-0.15, -0.1) is 0 Å². The van der Waals surface area contributed by atoms with Gasteiger partial charge in [-0.2, -0.15) is 4.57 Å². The Bertz CT molecular complexity index is 938. The summed E-state index contributed by atoms with van der Waals surface area (Å²) in [6, 6.07) is 11.4. The van der Waals surface area contributed by atoms with Gasteiger partial charge in [0.1, 0.15) is 18.1 Å². The van der Waals surface area contributed by atoms with Crippen LogP contribution in [0.5, 0.6) is 0 Å². The third-order valence-electron chi connectivity index (χ3n) is 3.61. The van der Waals surface area contributed by atoms with Crippen LogP contribution in [0.1, 0.15) is 5.56 Å². The van der Waals surface area contributed by atoms with Gasteiger partial charge in [-0.05, 0) is 25.1 Å². The van der Waals surface area contributed by atoms with E-state index in [-0.39, 0.29) is 29.5 Å². The van der Waals surface area contributed by atoms with Gasteiger partial charge in [-0.3, -0.25) is 20.2 Å². The van der Waals surface area contributed by atoms with Crippen LogP contribution >= 0.6 is 0 Å². The highest BCUT2D eigenvalue weighted by atomic mass is 35.5. The third-order valence-corrected chi connectivity index (χ3v) is 3.61. The Kier molecular flexibility index (Phi) is 5.14. The first-order valence-electron chi connectivity index (χ1n) is 7.05. The molecule has 0 unspecified atom stereocenters. The van der Waals surface area contributed by atoms with Gasteiger partial charge >= 0.3 is 5.69 Å². The zero-order valence-electron chi connectivity index (χ0n) is 13.1. The van der Waals surface area contributed by atoms with E-state index in [1.54, 1.807) is 23.3 Å². The average molecular weight is 361 g/mol. The fourth-order valence-electron chi connectivity index (χ4n) is 2.36. The third kappa shape index (κ3) is 3.64. The topological polar surface area (TPSA) is 95.1 Å². The maximum absolute atomic E-state index is 11.2. The van der Waals surface area contributed by atoms with Crippen molar-refractivity contribution in [2.75, 3.05) is 0 Å². The molecule has 1 heterocycles. The zero-order valence-corrected chi connectivity index (χ0v) is 13.8. The van der Waals surface area contributed by atoms with Crippen molar-refractivity contribution in [1.82, 2.24) is 4.57 Å². The summed E-state index contributed by atoms with van der Waals surface area (Å²) in [6.07, 6.45) is 5.10. The number of imidazole rings is 1. The molecule has 0 spiro atoms. The minimum Gasteiger partial charge on any atom is -1.00 e. The number of nitro groups is 2. The number of nitro benzene ring substituents is 2. The summed E-state index contributed by atoms with van der Waals surface area (Å²) in [5.74, 6) is 0. The molecule has 128 valence electrons. The van der Waals surface area contributed by atoms with E-state index in [9.17, 15) is 20.2 Å². The van der Waals surface area contributed by atoms with E-state index >= 15 is 0 Å². The maximum Gasteiger partial charge on any atom is 0.322 e. The minimum atomic E-state index is -0.654. The van der Waals surface area contributed by atoms with Crippen molar-refractivity contribution in [1.29, 1.82) is 0 Å². The van der Waals surface area contributed by atoms with E-state index in [1.165, 1.54) is 12.1 Å². The lowest BCUT2D eigenvalue weighted by Gasteiger charge is -1.99. The van der Waals surface area contributed by atoms with Crippen molar-refractivity contribution in [3.8, 4) is 11.4 Å². The standard InChI is InChI=1S/C16H13N4O4.ClH/c1-12-2-4-13(5-3-12)17-8-9-18(11-17)15-7-6-14(19(21)22)10-16(15)20(23)24;/h2-11H,1H3;1H/q+1;/p-1. The SMILES string of the molecule is Cc1ccc(-n2cc[n+](-c3ccc([N+](=O)[O-])cc3[N+](=O)[O-])c2)cc1.[Cl-]. The van der Waals surface area contributed by atoms with Crippen LogP contribution in [-0.2, 0) is 0 Å². The Morgan fingerprint density at radius 2 is 1.68 bits per heavy atom. The number of benzene rings is 2. The van der Waals surface area contributed by atoms with Crippen LogP contribution in [0.25, 0.3) is 11.4 Å². The molecule has 0 atom stereocenters. The number of aromatic nitrogens is 2. The first-order chi connectivity index (χ1) is 11.5. The number of halogens is 1. The first-order valence-corrected chi connectivity index (χ1v) is 7.05. The van der Waals surface area contributed by atoms with E-state index < -0.39 is 9.85 Å². The molecule has 3 rings (SSSR count). The Labute approximate surface area is 148 Å². The zero-order chi connectivity index (χ0) is 17.3. The summed E-state index contributed by atoms with van der Waals surface area (Å²) in [7, 11) is 0. The molecule has 25 heavy (non-hydrogen) atoms. The van der Waals surface area contributed by atoms with E-state index in [1.807, 2.05) is 35.8 Å². The molecule has 1 aromatic heterocycles. The molecule has 9 heteroatoms. The summed E-state index contributed by atoms with van der Waals surface area (Å²) in [6.45, 7) is 1.99. The lowest BCUT2D eigenvalue weighted by Crippen LogP contribution is -3.00. The number of hydrogen-bond donors (Lipinski definition) is 0. The minimum absolute atomic E-state index is 0. The number of rotatable bonds is 4. The predicted octanol–water partition coefficient (Wildman–Crippen LogP) is -0.117. The molecule has 0 fully saturated rings. The highest BCUT2D eigenvalue weighted by Gasteiger charge is 2.24. The van der Waals surface area contributed by atoms with Crippen molar-refractivity contribution < 1.29 is 26.8 Å². The Morgan fingerprint density at radius 3 is 2.28 bits per heavy atom. The number of non-ortho nitro benzene ring substituents is 1. The highest BCUT2D eigenvalue weighted by Crippen LogP contribution is 2.24. The molecule has 0 N–H and O–H groups in total. The molecule has 0 radical (unpaired) electrons. The maximum atomic E-state index is 11.2. The molecule has 2 aromatic carbocycles. The van der Waals surface area contributed by atoms with Crippen LogP contribution < -0.4 is 17.0 Å². The summed E-state index contributed by atoms with van der Waals surface area (Å²) < 4.78 is 3.37. The van der Waals surface area contributed by atoms with Gasteiger partial charge in [-0.1, -0.05) is 17.7 Å². The molecular weight excluding hydrogens is 348 g/mol. The van der Waals surface area contributed by atoms with Crippen LogP contribution in [-0.4, -0.2) is 14.4 Å². The van der Waals surface area contributed by atoms with E-state index in [2.05, 4.69) is 0 Å². The number of hydrogen-bond acceptors (Lipinski definition) is 4. The van der Waals surface area contributed by atoms with Gasteiger partial charge in [-0.25, -0.2) is 4.57 Å². The highest BCUT2D eigenvalue weighted by molar-refractivity contribution is 5.53. The van der Waals surface area contributed by atoms with Crippen molar-refractivity contribution in [3.63, 3.8) is 0 Å². The largest absolute Gasteiger partial charge is 1.00 e. The van der Waals surface area contributed by atoms with Crippen molar-refractivity contribution in [3.05, 3.63) is 87.0 Å². The van der Waals surface area contributed by atoms with Gasteiger partial charge in [0, 0.05) is 6.07 Å². The van der Waals surface area contributed by atoms with E-state index in [4.69, 9.17) is 0 Å². The summed E-state index contributed by atoms with van der Waals surface area (Å²) >= 11 is 0. The molecule has 0 aliphatic heterocycles. The van der Waals surface area contributed by atoms with E-state index in [0.717, 1.165) is 17.3 Å². The molecule has 0 bridgehead atoms. The van der Waals surface area contributed by atoms with Gasteiger partial charge in [0.15, 0.2) is 0 Å². The second kappa shape index (κ2) is 7.10. The molecule has 3 aromatic rings.